The lowest BCUT2D eigenvalue weighted by atomic mass is 9.84. The van der Waals surface area contributed by atoms with Crippen molar-refractivity contribution >= 4 is 17.4 Å². The summed E-state index contributed by atoms with van der Waals surface area (Å²) in [5, 5.41) is 12.9. The van der Waals surface area contributed by atoms with Crippen LogP contribution in [0.25, 0.3) is 0 Å². The maximum absolute atomic E-state index is 12.4. The first-order valence-corrected chi connectivity index (χ1v) is 6.84. The van der Waals surface area contributed by atoms with Crippen molar-refractivity contribution in [1.29, 1.82) is 0 Å². The number of nitrogens with one attached hydrogen (secondary N) is 1. The molecule has 0 aromatic heterocycles. The molecule has 2 N–H and O–H groups in total. The molecule has 1 saturated heterocycles. The molecule has 3 aliphatic rings. The van der Waals surface area contributed by atoms with Gasteiger partial charge in [-0.3, -0.25) is 9.59 Å². The Kier molecular flexibility index (Phi) is 2.53. The van der Waals surface area contributed by atoms with Gasteiger partial charge in [-0.05, 0) is 12.1 Å². The van der Waals surface area contributed by atoms with Crippen molar-refractivity contribution in [1.82, 2.24) is 0 Å². The standard InChI is InChI=1S/C16H13NO4/c18-14-11-9-6-7-10(21-9)12(11)15(19)13(14)16(20)17-8-4-2-1-3-5-8/h1-7,9-12,18H,(H,17,20). The molecule has 1 fully saturated rings. The summed E-state index contributed by atoms with van der Waals surface area (Å²) in [4.78, 5) is 24.7. The molecule has 1 aromatic rings. The summed E-state index contributed by atoms with van der Waals surface area (Å²) >= 11 is 0. The molecule has 4 atom stereocenters. The number of amides is 1. The van der Waals surface area contributed by atoms with Gasteiger partial charge in [0.2, 0.25) is 0 Å². The molecule has 5 heteroatoms. The van der Waals surface area contributed by atoms with Crippen LogP contribution in [0.3, 0.4) is 0 Å². The largest absolute Gasteiger partial charge is 0.511 e. The molecule has 0 radical (unpaired) electrons. The van der Waals surface area contributed by atoms with E-state index in [1.807, 2.05) is 18.2 Å². The van der Waals surface area contributed by atoms with E-state index in [2.05, 4.69) is 5.32 Å². The molecule has 21 heavy (non-hydrogen) atoms. The van der Waals surface area contributed by atoms with Crippen LogP contribution in [-0.2, 0) is 14.3 Å². The lowest BCUT2D eigenvalue weighted by Crippen LogP contribution is -2.28. The topological polar surface area (TPSA) is 75.6 Å². The van der Waals surface area contributed by atoms with Gasteiger partial charge >= 0.3 is 0 Å². The van der Waals surface area contributed by atoms with Gasteiger partial charge in [0, 0.05) is 5.69 Å². The third kappa shape index (κ3) is 1.67. The maximum Gasteiger partial charge on any atom is 0.262 e. The zero-order valence-electron chi connectivity index (χ0n) is 11.0. The maximum atomic E-state index is 12.4. The summed E-state index contributed by atoms with van der Waals surface area (Å²) < 4.78 is 5.57. The van der Waals surface area contributed by atoms with Gasteiger partial charge in [-0.25, -0.2) is 0 Å². The number of aliphatic hydroxyl groups excluding tert-OH is 1. The number of Topliss-reactive ketones (excluding diaryl/α,β-unsaturated/α-hetero) is 1. The zero-order chi connectivity index (χ0) is 14.6. The van der Waals surface area contributed by atoms with Crippen LogP contribution in [0, 0.1) is 11.8 Å². The molecule has 4 unspecified atom stereocenters. The highest BCUT2D eigenvalue weighted by molar-refractivity contribution is 6.26. The second kappa shape index (κ2) is 4.30. The highest BCUT2D eigenvalue weighted by Crippen LogP contribution is 2.48. The van der Waals surface area contributed by atoms with Gasteiger partial charge in [0.15, 0.2) is 5.78 Å². The van der Waals surface area contributed by atoms with Crippen LogP contribution in [0.4, 0.5) is 5.69 Å². The van der Waals surface area contributed by atoms with Gasteiger partial charge in [-0.2, -0.15) is 0 Å². The Bertz CT molecular complexity index is 691. The lowest BCUT2D eigenvalue weighted by Gasteiger charge is -2.15. The second-order valence-electron chi connectivity index (χ2n) is 5.45. The number of anilines is 1. The van der Waals surface area contributed by atoms with E-state index in [1.54, 1.807) is 24.3 Å². The first-order valence-electron chi connectivity index (χ1n) is 6.84. The molecule has 0 saturated carbocycles. The number of para-hydroxylation sites is 1. The number of rotatable bonds is 2. The van der Waals surface area contributed by atoms with Gasteiger partial charge in [-0.15, -0.1) is 0 Å². The molecule has 5 nitrogen and oxygen atoms in total. The van der Waals surface area contributed by atoms with Crippen LogP contribution >= 0.6 is 0 Å². The van der Waals surface area contributed by atoms with Crippen LogP contribution in [0.15, 0.2) is 53.8 Å². The zero-order valence-corrected chi connectivity index (χ0v) is 11.0. The van der Waals surface area contributed by atoms with Crippen LogP contribution in [0.5, 0.6) is 0 Å². The first kappa shape index (κ1) is 12.3. The summed E-state index contributed by atoms with van der Waals surface area (Å²) in [6.07, 6.45) is 3.05. The number of hydrogen-bond acceptors (Lipinski definition) is 4. The fourth-order valence-corrected chi connectivity index (χ4v) is 3.35. The number of carbonyl (C=O) groups is 2. The van der Waals surface area contributed by atoms with Crippen molar-refractivity contribution in [2.45, 2.75) is 12.2 Å². The highest BCUT2D eigenvalue weighted by atomic mass is 16.5. The van der Waals surface area contributed by atoms with Gasteiger partial charge in [-0.1, -0.05) is 30.4 Å². The highest BCUT2D eigenvalue weighted by Gasteiger charge is 2.58. The van der Waals surface area contributed by atoms with Crippen molar-refractivity contribution in [2.24, 2.45) is 11.8 Å². The SMILES string of the molecule is O=C(Nc1ccccc1)C1=C(O)C2C3C=CC(O3)C2C1=O. The predicted molar refractivity (Wildman–Crippen MR) is 74.5 cm³/mol. The second-order valence-corrected chi connectivity index (χ2v) is 5.45. The fourth-order valence-electron chi connectivity index (χ4n) is 3.35. The Balaban J connectivity index is 1.63. The smallest absolute Gasteiger partial charge is 0.262 e. The quantitative estimate of drug-likeness (QED) is 0.638. The van der Waals surface area contributed by atoms with Crippen LogP contribution in [0.2, 0.25) is 0 Å². The predicted octanol–water partition coefficient (Wildman–Crippen LogP) is 1.59. The Morgan fingerprint density at radius 2 is 1.76 bits per heavy atom. The third-order valence-corrected chi connectivity index (χ3v) is 4.28. The minimum atomic E-state index is -0.558. The minimum absolute atomic E-state index is 0.129. The Hall–Kier alpha value is -2.40. The monoisotopic (exact) mass is 283 g/mol. The van der Waals surface area contributed by atoms with Crippen molar-refractivity contribution in [3.05, 3.63) is 53.8 Å². The molecule has 1 amide bonds. The molecule has 106 valence electrons. The molecular formula is C16H13NO4. The van der Waals surface area contributed by atoms with Crippen LogP contribution in [-0.4, -0.2) is 29.0 Å². The third-order valence-electron chi connectivity index (χ3n) is 4.28. The minimum Gasteiger partial charge on any atom is -0.511 e. The van der Waals surface area contributed by atoms with Crippen LogP contribution < -0.4 is 5.32 Å². The summed E-state index contributed by atoms with van der Waals surface area (Å²) in [5.74, 6) is -1.91. The summed E-state index contributed by atoms with van der Waals surface area (Å²) in [6.45, 7) is 0. The first-order chi connectivity index (χ1) is 10.2. The number of carbonyl (C=O) groups excluding carboxylic acids is 2. The van der Waals surface area contributed by atoms with E-state index in [0.717, 1.165) is 0 Å². The lowest BCUT2D eigenvalue weighted by molar-refractivity contribution is -0.122. The van der Waals surface area contributed by atoms with Crippen molar-refractivity contribution < 1.29 is 19.4 Å². The Labute approximate surface area is 120 Å². The molecule has 2 aliphatic heterocycles. The summed E-state index contributed by atoms with van der Waals surface area (Å²) in [5.41, 5.74) is 0.459. The molecule has 4 rings (SSSR count). The number of fused-ring (bicyclic) bond motifs is 5. The van der Waals surface area contributed by atoms with E-state index < -0.39 is 17.7 Å². The average molecular weight is 283 g/mol. The number of aliphatic hydroxyl groups is 1. The van der Waals surface area contributed by atoms with Gasteiger partial charge < -0.3 is 15.2 Å². The van der Waals surface area contributed by atoms with Crippen molar-refractivity contribution in [3.8, 4) is 0 Å². The number of ether oxygens (including phenoxy) is 1. The van der Waals surface area contributed by atoms with Gasteiger partial charge in [0.05, 0.1) is 24.0 Å². The normalized spacial score (nSPS) is 32.7. The molecular weight excluding hydrogens is 270 g/mol. The molecule has 1 aliphatic carbocycles. The number of hydrogen-bond donors (Lipinski definition) is 2. The van der Waals surface area contributed by atoms with E-state index in [1.165, 1.54) is 0 Å². The Morgan fingerprint density at radius 1 is 1.10 bits per heavy atom. The van der Waals surface area contributed by atoms with Crippen LogP contribution in [0.1, 0.15) is 0 Å². The van der Waals surface area contributed by atoms with E-state index >= 15 is 0 Å². The molecule has 0 spiro atoms. The number of benzene rings is 1. The number of ketones is 1. The molecule has 1 aromatic carbocycles. The summed E-state index contributed by atoms with van der Waals surface area (Å²) in [6, 6.07) is 8.85. The van der Waals surface area contributed by atoms with Gasteiger partial charge in [0.25, 0.3) is 5.91 Å². The fraction of sp³-hybridized carbons (Fsp3) is 0.250. The van der Waals surface area contributed by atoms with E-state index in [4.69, 9.17) is 4.74 Å². The van der Waals surface area contributed by atoms with E-state index in [0.29, 0.717) is 5.69 Å². The van der Waals surface area contributed by atoms with Crippen molar-refractivity contribution in [2.75, 3.05) is 5.32 Å². The van der Waals surface area contributed by atoms with E-state index in [-0.39, 0.29) is 29.3 Å². The summed E-state index contributed by atoms with van der Waals surface area (Å²) in [7, 11) is 0. The Morgan fingerprint density at radius 3 is 2.43 bits per heavy atom. The molecule has 2 bridgehead atoms. The molecule has 2 heterocycles. The average Bonchev–Trinajstić information content (AvgIpc) is 3.14. The van der Waals surface area contributed by atoms with Crippen molar-refractivity contribution in [3.63, 3.8) is 0 Å². The van der Waals surface area contributed by atoms with E-state index in [9.17, 15) is 14.7 Å². The van der Waals surface area contributed by atoms with Gasteiger partial charge in [0.1, 0.15) is 11.3 Å².